The van der Waals surface area contributed by atoms with Gasteiger partial charge in [-0.2, -0.15) is 4.79 Å². The van der Waals surface area contributed by atoms with Crippen LogP contribution in [0.15, 0.2) is 60.7 Å². The van der Waals surface area contributed by atoms with Crippen molar-refractivity contribution in [2.24, 2.45) is 5.73 Å². The molecule has 0 saturated heterocycles. The highest BCUT2D eigenvalue weighted by Crippen LogP contribution is 2.16. The molecule has 2 unspecified atom stereocenters. The van der Waals surface area contributed by atoms with Gasteiger partial charge in [0.25, 0.3) is 0 Å². The average Bonchev–Trinajstić information content (AvgIpc) is 2.63. The highest BCUT2D eigenvalue weighted by atomic mass is 16.3. The molecule has 2 aromatic carbocycles. The van der Waals surface area contributed by atoms with Gasteiger partial charge < -0.3 is 21.3 Å². The molecule has 0 aromatic heterocycles. The number of rotatable bonds is 8. The Balaban J connectivity index is 2.02. The molecule has 25 heavy (non-hydrogen) atoms. The fourth-order valence-electron chi connectivity index (χ4n) is 2.63. The van der Waals surface area contributed by atoms with Crippen LogP contribution in [-0.4, -0.2) is 39.6 Å². The molecule has 6 heteroatoms. The first-order chi connectivity index (χ1) is 12.1. The van der Waals surface area contributed by atoms with E-state index in [0.717, 1.165) is 17.3 Å². The van der Waals surface area contributed by atoms with Crippen LogP contribution < -0.4 is 5.73 Å². The molecule has 1 amide bonds. The van der Waals surface area contributed by atoms with Gasteiger partial charge in [0, 0.05) is 19.1 Å². The summed E-state index contributed by atoms with van der Waals surface area (Å²) in [6.45, 7) is 0.406. The van der Waals surface area contributed by atoms with Crippen molar-refractivity contribution in [3.05, 3.63) is 77.3 Å². The van der Waals surface area contributed by atoms with Crippen LogP contribution in [0.1, 0.15) is 23.6 Å². The Kier molecular flexibility index (Phi) is 7.04. The van der Waals surface area contributed by atoms with Crippen LogP contribution in [0.25, 0.3) is 5.53 Å². The molecule has 3 N–H and O–H groups in total. The third kappa shape index (κ3) is 5.97. The third-order valence-corrected chi connectivity index (χ3v) is 3.88. The Morgan fingerprint density at radius 2 is 1.76 bits per heavy atom. The molecule has 0 aliphatic heterocycles. The Hall–Kier alpha value is -2.79. The van der Waals surface area contributed by atoms with E-state index in [4.69, 9.17) is 11.3 Å². The van der Waals surface area contributed by atoms with Gasteiger partial charge in [-0.1, -0.05) is 60.7 Å². The second-order valence-electron chi connectivity index (χ2n) is 5.86. The lowest BCUT2D eigenvalue weighted by Gasteiger charge is -2.24. The summed E-state index contributed by atoms with van der Waals surface area (Å²) in [6.07, 6.45) is 0.348. The van der Waals surface area contributed by atoms with E-state index in [0.29, 0.717) is 13.0 Å². The standard InChI is InChI=1S/C19H22N4O2/c20-18(16-9-5-2-6-10-16)11-17(24)14-23(19(25)12-22-21)13-15-7-3-1-4-8-15/h1-10,12,17-18,24H,11,13-14,20H2. The van der Waals surface area contributed by atoms with E-state index >= 15 is 0 Å². The molecule has 0 spiro atoms. The van der Waals surface area contributed by atoms with E-state index < -0.39 is 12.0 Å². The number of aliphatic hydroxyl groups excluding tert-OH is 1. The van der Waals surface area contributed by atoms with Gasteiger partial charge in [-0.15, -0.1) is 0 Å². The number of aliphatic hydroxyl groups is 1. The van der Waals surface area contributed by atoms with E-state index in [-0.39, 0.29) is 12.6 Å². The first-order valence-electron chi connectivity index (χ1n) is 8.09. The number of benzene rings is 2. The van der Waals surface area contributed by atoms with E-state index in [9.17, 15) is 9.90 Å². The molecule has 130 valence electrons. The zero-order valence-electron chi connectivity index (χ0n) is 13.9. The number of nitrogens with zero attached hydrogens (tertiary/aromatic N) is 3. The molecule has 2 aromatic rings. The molecule has 2 rings (SSSR count). The largest absolute Gasteiger partial charge is 0.391 e. The predicted octanol–water partition coefficient (Wildman–Crippen LogP) is 1.77. The number of hydrogen-bond donors (Lipinski definition) is 2. The minimum Gasteiger partial charge on any atom is -0.391 e. The van der Waals surface area contributed by atoms with Gasteiger partial charge in [0.15, 0.2) is 0 Å². The first-order valence-corrected chi connectivity index (χ1v) is 8.09. The van der Waals surface area contributed by atoms with Crippen LogP contribution in [0, 0.1) is 0 Å². The topological polar surface area (TPSA) is 103 Å². The fourth-order valence-corrected chi connectivity index (χ4v) is 2.63. The SMILES string of the molecule is [N-]=[N+]=CC(=O)N(Cc1ccccc1)CC(O)CC(N)c1ccccc1. The van der Waals surface area contributed by atoms with Crippen molar-refractivity contribution in [3.63, 3.8) is 0 Å². The van der Waals surface area contributed by atoms with Crippen LogP contribution in [0.4, 0.5) is 0 Å². The van der Waals surface area contributed by atoms with Gasteiger partial charge in [-0.25, -0.2) is 0 Å². The molecule has 0 bridgehead atoms. The summed E-state index contributed by atoms with van der Waals surface area (Å²) < 4.78 is 0. The van der Waals surface area contributed by atoms with Gasteiger partial charge in [0.1, 0.15) is 0 Å². The van der Waals surface area contributed by atoms with E-state index in [1.54, 1.807) is 0 Å². The summed E-state index contributed by atoms with van der Waals surface area (Å²) in [4.78, 5) is 16.3. The van der Waals surface area contributed by atoms with Crippen LogP contribution in [0.5, 0.6) is 0 Å². The van der Waals surface area contributed by atoms with Crippen molar-refractivity contribution in [3.8, 4) is 0 Å². The average molecular weight is 338 g/mol. The summed E-state index contributed by atoms with van der Waals surface area (Å²) in [5.41, 5.74) is 16.6. The van der Waals surface area contributed by atoms with Gasteiger partial charge in [0.2, 0.25) is 0 Å². The van der Waals surface area contributed by atoms with Crippen LogP contribution >= 0.6 is 0 Å². The number of hydrogen-bond acceptors (Lipinski definition) is 3. The first kappa shape index (κ1) is 18.5. The van der Waals surface area contributed by atoms with Crippen molar-refractivity contribution in [2.45, 2.75) is 25.1 Å². The zero-order chi connectivity index (χ0) is 18.1. The second-order valence-corrected chi connectivity index (χ2v) is 5.86. The summed E-state index contributed by atoms with van der Waals surface area (Å²) in [5, 5.41) is 10.4. The number of amides is 1. The quantitative estimate of drug-likeness (QED) is 0.435. The van der Waals surface area contributed by atoms with Crippen molar-refractivity contribution >= 4 is 12.1 Å². The predicted molar refractivity (Wildman–Crippen MR) is 95.5 cm³/mol. The minimum atomic E-state index is -0.796. The summed E-state index contributed by atoms with van der Waals surface area (Å²) in [5.74, 6) is -0.473. The van der Waals surface area contributed by atoms with Crippen LogP contribution in [0.3, 0.4) is 0 Å². The second kappa shape index (κ2) is 9.49. The van der Waals surface area contributed by atoms with Crippen molar-refractivity contribution in [1.82, 2.24) is 4.90 Å². The lowest BCUT2D eigenvalue weighted by molar-refractivity contribution is -0.129. The molecule has 6 nitrogen and oxygen atoms in total. The van der Waals surface area contributed by atoms with Crippen molar-refractivity contribution in [1.29, 1.82) is 0 Å². The molecule has 0 saturated carbocycles. The molecule has 0 fully saturated rings. The summed E-state index contributed by atoms with van der Waals surface area (Å²) >= 11 is 0. The summed E-state index contributed by atoms with van der Waals surface area (Å²) in [7, 11) is 0. The van der Waals surface area contributed by atoms with Crippen molar-refractivity contribution in [2.75, 3.05) is 6.54 Å². The van der Waals surface area contributed by atoms with Gasteiger partial charge in [-0.3, -0.25) is 4.79 Å². The number of carbonyl (C=O) groups is 1. The Morgan fingerprint density at radius 3 is 2.36 bits per heavy atom. The van der Waals surface area contributed by atoms with Crippen LogP contribution in [0.2, 0.25) is 0 Å². The Bertz CT molecular complexity index is 715. The molecule has 0 aliphatic carbocycles. The maximum Gasteiger partial charge on any atom is 0.344 e. The van der Waals surface area contributed by atoms with Gasteiger partial charge >= 0.3 is 12.1 Å². The normalized spacial score (nSPS) is 12.7. The highest BCUT2D eigenvalue weighted by Gasteiger charge is 2.21. The maximum absolute atomic E-state index is 12.1. The van der Waals surface area contributed by atoms with Crippen LogP contribution in [-0.2, 0) is 11.3 Å². The minimum absolute atomic E-state index is 0.0975. The maximum atomic E-state index is 12.1. The van der Waals surface area contributed by atoms with E-state index in [2.05, 4.69) is 4.79 Å². The lowest BCUT2D eigenvalue weighted by atomic mass is 10.0. The third-order valence-electron chi connectivity index (χ3n) is 3.88. The fraction of sp³-hybridized carbons (Fsp3) is 0.263. The van der Waals surface area contributed by atoms with Crippen molar-refractivity contribution < 1.29 is 14.7 Å². The van der Waals surface area contributed by atoms with E-state index in [1.807, 2.05) is 60.7 Å². The van der Waals surface area contributed by atoms with Gasteiger partial charge in [0.05, 0.1) is 6.10 Å². The molecule has 0 heterocycles. The molecule has 2 atom stereocenters. The highest BCUT2D eigenvalue weighted by molar-refractivity contribution is 6.23. The Morgan fingerprint density at radius 1 is 1.16 bits per heavy atom. The summed E-state index contributed by atoms with van der Waals surface area (Å²) in [6, 6.07) is 18.6. The molecule has 0 radical (unpaired) electrons. The monoisotopic (exact) mass is 338 g/mol. The van der Waals surface area contributed by atoms with E-state index in [1.165, 1.54) is 4.90 Å². The molecular weight excluding hydrogens is 316 g/mol. The molecular formula is C19H22N4O2. The zero-order valence-corrected chi connectivity index (χ0v) is 13.9. The Labute approximate surface area is 147 Å². The lowest BCUT2D eigenvalue weighted by Crippen LogP contribution is -2.39. The number of carbonyl (C=O) groups excluding carboxylic acids is 1. The smallest absolute Gasteiger partial charge is 0.344 e. The molecule has 0 aliphatic rings. The number of nitrogens with two attached hydrogens (primary N) is 1. The van der Waals surface area contributed by atoms with Gasteiger partial charge in [-0.05, 0) is 17.5 Å².